The van der Waals surface area contributed by atoms with E-state index in [0.29, 0.717) is 12.0 Å². The van der Waals surface area contributed by atoms with Crippen LogP contribution in [0, 0.1) is 0 Å². The molecule has 1 aromatic heterocycles. The molecular formula is C17H20N2O2. The zero-order valence-corrected chi connectivity index (χ0v) is 12.2. The first kappa shape index (κ1) is 13.7. The predicted octanol–water partition coefficient (Wildman–Crippen LogP) is 3.23. The maximum Gasteiger partial charge on any atom is 0.255 e. The summed E-state index contributed by atoms with van der Waals surface area (Å²) in [5, 5.41) is 3.13. The highest BCUT2D eigenvalue weighted by molar-refractivity contribution is 5.95. The van der Waals surface area contributed by atoms with Crippen molar-refractivity contribution in [2.45, 2.75) is 38.6 Å². The smallest absolute Gasteiger partial charge is 0.255 e. The van der Waals surface area contributed by atoms with E-state index in [2.05, 4.69) is 5.32 Å². The lowest BCUT2D eigenvalue weighted by Gasteiger charge is -2.26. The van der Waals surface area contributed by atoms with Crippen LogP contribution in [-0.2, 0) is 12.8 Å². The molecule has 2 aromatic rings. The van der Waals surface area contributed by atoms with Gasteiger partial charge in [0.2, 0.25) is 0 Å². The fraction of sp³-hybridized carbons (Fsp3) is 0.353. The maximum absolute atomic E-state index is 12.4. The lowest BCUT2D eigenvalue weighted by Crippen LogP contribution is -2.31. The fourth-order valence-corrected chi connectivity index (χ4v) is 3.04. The van der Waals surface area contributed by atoms with E-state index in [1.807, 2.05) is 25.1 Å². The number of nitrogens with one attached hydrogen (secondary N) is 1. The first-order valence-corrected chi connectivity index (χ1v) is 7.44. The van der Waals surface area contributed by atoms with Crippen LogP contribution < -0.4 is 11.1 Å². The highest BCUT2D eigenvalue weighted by atomic mass is 16.3. The summed E-state index contributed by atoms with van der Waals surface area (Å²) in [6.07, 6.45) is 5.34. The van der Waals surface area contributed by atoms with E-state index in [4.69, 9.17) is 10.2 Å². The number of aryl methyl sites for hydroxylation is 2. The molecule has 0 spiro atoms. The molecule has 4 heteroatoms. The van der Waals surface area contributed by atoms with Gasteiger partial charge in [-0.3, -0.25) is 4.79 Å². The molecule has 110 valence electrons. The molecule has 0 saturated carbocycles. The van der Waals surface area contributed by atoms with Crippen LogP contribution in [0.5, 0.6) is 0 Å². The molecule has 0 radical (unpaired) electrons. The minimum atomic E-state index is -0.0599. The van der Waals surface area contributed by atoms with Gasteiger partial charge in [0.15, 0.2) is 0 Å². The number of furan rings is 1. The third-order valence-electron chi connectivity index (χ3n) is 4.10. The average Bonchev–Trinajstić information content (AvgIpc) is 2.95. The normalized spacial score (nSPS) is 17.3. The Kier molecular flexibility index (Phi) is 3.69. The molecule has 1 aliphatic rings. The fourth-order valence-electron chi connectivity index (χ4n) is 3.04. The van der Waals surface area contributed by atoms with E-state index >= 15 is 0 Å². The van der Waals surface area contributed by atoms with E-state index in [9.17, 15) is 4.79 Å². The Morgan fingerprint density at radius 3 is 3.10 bits per heavy atom. The van der Waals surface area contributed by atoms with E-state index < -0.39 is 0 Å². The molecule has 1 amide bonds. The van der Waals surface area contributed by atoms with Gasteiger partial charge in [-0.15, -0.1) is 0 Å². The number of nitrogen functional groups attached to an aromatic ring is 1. The van der Waals surface area contributed by atoms with Crippen molar-refractivity contribution in [2.75, 3.05) is 5.73 Å². The molecule has 1 heterocycles. The lowest BCUT2D eigenvalue weighted by molar-refractivity contribution is 0.0931. The SMILES string of the molecule is CCc1occc1C(=O)NC1CCCc2cc(N)ccc21. The molecule has 3 rings (SSSR count). The summed E-state index contributed by atoms with van der Waals surface area (Å²) in [7, 11) is 0. The Morgan fingerprint density at radius 2 is 2.29 bits per heavy atom. The van der Waals surface area contributed by atoms with Gasteiger partial charge >= 0.3 is 0 Å². The summed E-state index contributed by atoms with van der Waals surface area (Å²) in [5.41, 5.74) is 9.69. The molecular weight excluding hydrogens is 264 g/mol. The van der Waals surface area contributed by atoms with Crippen LogP contribution in [0.2, 0.25) is 0 Å². The number of benzene rings is 1. The van der Waals surface area contributed by atoms with Crippen LogP contribution in [0.25, 0.3) is 0 Å². The second-order valence-electron chi connectivity index (χ2n) is 5.49. The summed E-state index contributed by atoms with van der Waals surface area (Å²) < 4.78 is 5.33. The number of rotatable bonds is 3. The second kappa shape index (κ2) is 5.64. The van der Waals surface area contributed by atoms with Gasteiger partial charge in [-0.05, 0) is 48.6 Å². The van der Waals surface area contributed by atoms with E-state index in [1.165, 1.54) is 11.1 Å². The van der Waals surface area contributed by atoms with Crippen LogP contribution >= 0.6 is 0 Å². The minimum Gasteiger partial charge on any atom is -0.469 e. The molecule has 0 saturated heterocycles. The molecule has 1 atom stereocenters. The third kappa shape index (κ3) is 2.66. The summed E-state index contributed by atoms with van der Waals surface area (Å²) in [4.78, 5) is 12.4. The maximum atomic E-state index is 12.4. The number of anilines is 1. The van der Waals surface area contributed by atoms with E-state index in [1.54, 1.807) is 12.3 Å². The molecule has 3 N–H and O–H groups in total. The number of nitrogens with two attached hydrogens (primary N) is 1. The monoisotopic (exact) mass is 284 g/mol. The number of hydrogen-bond donors (Lipinski definition) is 2. The van der Waals surface area contributed by atoms with Crippen LogP contribution in [0.1, 0.15) is 53.1 Å². The van der Waals surface area contributed by atoms with Gasteiger partial charge < -0.3 is 15.5 Å². The van der Waals surface area contributed by atoms with Crippen molar-refractivity contribution >= 4 is 11.6 Å². The van der Waals surface area contributed by atoms with Gasteiger partial charge in [-0.1, -0.05) is 13.0 Å². The molecule has 1 unspecified atom stereocenters. The number of carbonyl (C=O) groups excluding carboxylic acids is 1. The van der Waals surface area contributed by atoms with Crippen molar-refractivity contribution in [3.63, 3.8) is 0 Å². The highest BCUT2D eigenvalue weighted by Gasteiger charge is 2.23. The van der Waals surface area contributed by atoms with Crippen molar-refractivity contribution < 1.29 is 9.21 Å². The van der Waals surface area contributed by atoms with Gasteiger partial charge in [0, 0.05) is 12.1 Å². The van der Waals surface area contributed by atoms with Crippen molar-refractivity contribution in [3.8, 4) is 0 Å². The Morgan fingerprint density at radius 1 is 1.43 bits per heavy atom. The molecule has 4 nitrogen and oxygen atoms in total. The summed E-state index contributed by atoms with van der Waals surface area (Å²) in [5.74, 6) is 0.677. The second-order valence-corrected chi connectivity index (χ2v) is 5.49. The van der Waals surface area contributed by atoms with Crippen molar-refractivity contribution in [1.29, 1.82) is 0 Å². The third-order valence-corrected chi connectivity index (χ3v) is 4.10. The van der Waals surface area contributed by atoms with Crippen LogP contribution in [0.15, 0.2) is 34.9 Å². The summed E-state index contributed by atoms with van der Waals surface area (Å²) in [6.45, 7) is 1.98. The topological polar surface area (TPSA) is 68.3 Å². The molecule has 1 aromatic carbocycles. The highest BCUT2D eigenvalue weighted by Crippen LogP contribution is 2.31. The van der Waals surface area contributed by atoms with Gasteiger partial charge in [0.25, 0.3) is 5.91 Å². The van der Waals surface area contributed by atoms with Crippen LogP contribution in [0.3, 0.4) is 0 Å². The zero-order valence-electron chi connectivity index (χ0n) is 12.2. The first-order valence-electron chi connectivity index (χ1n) is 7.44. The van der Waals surface area contributed by atoms with Gasteiger partial charge in [-0.25, -0.2) is 0 Å². The Labute approximate surface area is 124 Å². The Hall–Kier alpha value is -2.23. The van der Waals surface area contributed by atoms with Gasteiger partial charge in [-0.2, -0.15) is 0 Å². The first-order chi connectivity index (χ1) is 10.2. The zero-order chi connectivity index (χ0) is 14.8. The van der Waals surface area contributed by atoms with Gasteiger partial charge in [0.05, 0.1) is 17.9 Å². The number of carbonyl (C=O) groups is 1. The Balaban J connectivity index is 1.82. The van der Waals surface area contributed by atoms with E-state index in [0.717, 1.165) is 30.7 Å². The molecule has 0 aliphatic heterocycles. The summed E-state index contributed by atoms with van der Waals surface area (Å²) in [6, 6.07) is 7.74. The quantitative estimate of drug-likeness (QED) is 0.850. The summed E-state index contributed by atoms with van der Waals surface area (Å²) >= 11 is 0. The average molecular weight is 284 g/mol. The molecule has 21 heavy (non-hydrogen) atoms. The molecule has 0 fully saturated rings. The number of hydrogen-bond acceptors (Lipinski definition) is 3. The number of amides is 1. The van der Waals surface area contributed by atoms with Crippen LogP contribution in [-0.4, -0.2) is 5.91 Å². The Bertz CT molecular complexity index is 661. The van der Waals surface area contributed by atoms with Crippen molar-refractivity contribution in [3.05, 3.63) is 53.0 Å². The molecule has 0 bridgehead atoms. The standard InChI is InChI=1S/C17H20N2O2/c1-2-16-14(8-9-21-16)17(20)19-15-5-3-4-11-10-12(18)6-7-13(11)15/h6-10,15H,2-5,18H2,1H3,(H,19,20). The molecule has 1 aliphatic carbocycles. The van der Waals surface area contributed by atoms with Crippen molar-refractivity contribution in [2.24, 2.45) is 0 Å². The van der Waals surface area contributed by atoms with Crippen LogP contribution in [0.4, 0.5) is 5.69 Å². The predicted molar refractivity (Wildman–Crippen MR) is 82.1 cm³/mol. The van der Waals surface area contributed by atoms with Gasteiger partial charge in [0.1, 0.15) is 5.76 Å². The number of fused-ring (bicyclic) bond motifs is 1. The lowest BCUT2D eigenvalue weighted by atomic mass is 9.87. The largest absolute Gasteiger partial charge is 0.469 e. The van der Waals surface area contributed by atoms with E-state index in [-0.39, 0.29) is 11.9 Å². The van der Waals surface area contributed by atoms with Crippen molar-refractivity contribution in [1.82, 2.24) is 5.32 Å². The minimum absolute atomic E-state index is 0.0569.